The first-order chi connectivity index (χ1) is 12.3. The number of likely N-dealkylation sites (tertiary alicyclic amines) is 1. The highest BCUT2D eigenvalue weighted by Gasteiger charge is 2.30. The first kappa shape index (κ1) is 18.4. The molecule has 0 unspecified atom stereocenters. The van der Waals surface area contributed by atoms with Gasteiger partial charge in [0.2, 0.25) is 5.91 Å². The number of carbonyl (C=O) groups excluding carboxylic acids is 2. The Labute approximate surface area is 152 Å². The highest BCUT2D eigenvalue weighted by Crippen LogP contribution is 2.23. The molecule has 7 nitrogen and oxygen atoms in total. The molecule has 0 aliphatic carbocycles. The van der Waals surface area contributed by atoms with Crippen LogP contribution >= 0.6 is 0 Å². The number of aliphatic hydroxyl groups is 1. The van der Waals surface area contributed by atoms with Gasteiger partial charge < -0.3 is 19.7 Å². The van der Waals surface area contributed by atoms with Crippen LogP contribution in [0.5, 0.6) is 0 Å². The fourth-order valence-electron chi connectivity index (χ4n) is 3.26. The van der Waals surface area contributed by atoms with Crippen LogP contribution < -0.4 is 5.32 Å². The van der Waals surface area contributed by atoms with E-state index in [2.05, 4.69) is 5.32 Å². The van der Waals surface area contributed by atoms with E-state index in [0.29, 0.717) is 30.7 Å². The summed E-state index contributed by atoms with van der Waals surface area (Å²) in [5, 5.41) is 14.2. The first-order valence-electron chi connectivity index (χ1n) is 8.75. The van der Waals surface area contributed by atoms with Gasteiger partial charge in [0, 0.05) is 32.6 Å². The molecule has 140 valence electrons. The number of aryl methyl sites for hydroxylation is 1. The summed E-state index contributed by atoms with van der Waals surface area (Å²) in [6.07, 6.45) is -0.138. The van der Waals surface area contributed by atoms with Crippen LogP contribution in [0.3, 0.4) is 0 Å². The van der Waals surface area contributed by atoms with Crippen LogP contribution in [0.25, 0.3) is 11.0 Å². The number of nitrogens with one attached hydrogen (secondary N) is 1. The molecule has 7 heteroatoms. The topological polar surface area (TPSA) is 86.0 Å². The van der Waals surface area contributed by atoms with Gasteiger partial charge in [0.15, 0.2) is 0 Å². The van der Waals surface area contributed by atoms with Crippen LogP contribution in [0.4, 0.5) is 0 Å². The number of likely N-dealkylation sites (N-methyl/N-ethyl adjacent to an activating group) is 1. The molecule has 2 amide bonds. The summed E-state index contributed by atoms with van der Waals surface area (Å²) in [5.74, 6) is 0.491. The van der Waals surface area contributed by atoms with Gasteiger partial charge in [0.05, 0.1) is 24.3 Å². The van der Waals surface area contributed by atoms with Gasteiger partial charge in [-0.25, -0.2) is 0 Å². The second kappa shape index (κ2) is 7.47. The number of fused-ring (bicyclic) bond motifs is 1. The van der Waals surface area contributed by atoms with Crippen LogP contribution in [0.15, 0.2) is 28.7 Å². The van der Waals surface area contributed by atoms with E-state index in [1.54, 1.807) is 20.2 Å². The molecule has 1 aliphatic heterocycles. The zero-order chi connectivity index (χ0) is 18.8. The molecule has 2 atom stereocenters. The molecular weight excluding hydrogens is 334 g/mol. The lowest BCUT2D eigenvalue weighted by molar-refractivity contribution is -0.130. The van der Waals surface area contributed by atoms with E-state index in [1.165, 1.54) is 4.90 Å². The third-order valence-corrected chi connectivity index (χ3v) is 4.75. The Balaban J connectivity index is 1.64. The SMILES string of the molecule is Cc1cc2cccc(C(=O)N[C@@H]3CCN(CC(=O)N(C)C)C[C@H]3O)c2o1. The van der Waals surface area contributed by atoms with Gasteiger partial charge in [-0.2, -0.15) is 0 Å². The number of hydrogen-bond donors (Lipinski definition) is 2. The minimum atomic E-state index is -0.722. The van der Waals surface area contributed by atoms with Gasteiger partial charge >= 0.3 is 0 Å². The van der Waals surface area contributed by atoms with E-state index < -0.39 is 6.10 Å². The Morgan fingerprint density at radius 2 is 2.15 bits per heavy atom. The molecule has 3 rings (SSSR count). The molecule has 0 bridgehead atoms. The van der Waals surface area contributed by atoms with Crippen LogP contribution in [0.1, 0.15) is 22.5 Å². The molecule has 2 N–H and O–H groups in total. The van der Waals surface area contributed by atoms with Crippen LogP contribution in [-0.2, 0) is 4.79 Å². The van der Waals surface area contributed by atoms with E-state index in [-0.39, 0.29) is 24.4 Å². The molecular formula is C19H25N3O4. The summed E-state index contributed by atoms with van der Waals surface area (Å²) >= 11 is 0. The number of rotatable bonds is 4. The number of benzene rings is 1. The summed E-state index contributed by atoms with van der Waals surface area (Å²) in [6, 6.07) is 6.98. The third-order valence-electron chi connectivity index (χ3n) is 4.75. The number of nitrogens with zero attached hydrogens (tertiary/aromatic N) is 2. The predicted octanol–water partition coefficient (Wildman–Crippen LogP) is 0.994. The van der Waals surface area contributed by atoms with Crippen LogP contribution in [0.2, 0.25) is 0 Å². The van der Waals surface area contributed by atoms with E-state index in [1.807, 2.05) is 30.0 Å². The van der Waals surface area contributed by atoms with Crippen LogP contribution in [-0.4, -0.2) is 72.6 Å². The van der Waals surface area contributed by atoms with E-state index in [0.717, 1.165) is 11.1 Å². The Morgan fingerprint density at radius 3 is 2.85 bits per heavy atom. The molecule has 2 heterocycles. The molecule has 1 saturated heterocycles. The summed E-state index contributed by atoms with van der Waals surface area (Å²) in [4.78, 5) is 27.9. The highest BCUT2D eigenvalue weighted by molar-refractivity contribution is 6.05. The van der Waals surface area contributed by atoms with Gasteiger partial charge in [-0.1, -0.05) is 12.1 Å². The van der Waals surface area contributed by atoms with Crippen molar-refractivity contribution in [3.63, 3.8) is 0 Å². The molecule has 0 radical (unpaired) electrons. The summed E-state index contributed by atoms with van der Waals surface area (Å²) < 4.78 is 5.65. The number of carbonyl (C=O) groups is 2. The van der Waals surface area contributed by atoms with E-state index >= 15 is 0 Å². The maximum atomic E-state index is 12.7. The van der Waals surface area contributed by atoms with Crippen molar-refractivity contribution in [1.29, 1.82) is 0 Å². The zero-order valence-corrected chi connectivity index (χ0v) is 15.4. The molecule has 0 saturated carbocycles. The van der Waals surface area contributed by atoms with Crippen molar-refractivity contribution in [1.82, 2.24) is 15.1 Å². The lowest BCUT2D eigenvalue weighted by Crippen LogP contribution is -2.55. The molecule has 1 aliphatic rings. The lowest BCUT2D eigenvalue weighted by atomic mass is 10.0. The van der Waals surface area contributed by atoms with Crippen molar-refractivity contribution in [2.24, 2.45) is 0 Å². The monoisotopic (exact) mass is 359 g/mol. The smallest absolute Gasteiger partial charge is 0.255 e. The van der Waals surface area contributed by atoms with Crippen molar-refractivity contribution in [2.45, 2.75) is 25.5 Å². The maximum absolute atomic E-state index is 12.7. The van der Waals surface area contributed by atoms with Crippen LogP contribution in [0, 0.1) is 6.92 Å². The van der Waals surface area contributed by atoms with Crippen molar-refractivity contribution in [2.75, 3.05) is 33.7 Å². The zero-order valence-electron chi connectivity index (χ0n) is 15.4. The normalized spacial score (nSPS) is 20.9. The average Bonchev–Trinajstić information content (AvgIpc) is 2.97. The summed E-state index contributed by atoms with van der Waals surface area (Å²) in [6.45, 7) is 3.12. The van der Waals surface area contributed by atoms with E-state index in [9.17, 15) is 14.7 Å². The standard InChI is InChI=1S/C19H25N3O4/c1-12-9-13-5-4-6-14(18(13)26-12)19(25)20-15-7-8-22(10-16(15)23)11-17(24)21(2)3/h4-6,9,15-16,23H,7-8,10-11H2,1-3H3,(H,20,25)/t15-,16-/m1/s1. The number of hydrogen-bond acceptors (Lipinski definition) is 5. The molecule has 1 aromatic carbocycles. The third kappa shape index (κ3) is 3.89. The Bertz CT molecular complexity index is 814. The second-order valence-corrected chi connectivity index (χ2v) is 7.04. The summed E-state index contributed by atoms with van der Waals surface area (Å²) in [5.41, 5.74) is 1.03. The maximum Gasteiger partial charge on any atom is 0.255 e. The van der Waals surface area contributed by atoms with Gasteiger partial charge in [-0.3, -0.25) is 14.5 Å². The number of furan rings is 1. The van der Waals surface area contributed by atoms with Gasteiger partial charge in [0.1, 0.15) is 11.3 Å². The predicted molar refractivity (Wildman–Crippen MR) is 98.0 cm³/mol. The minimum absolute atomic E-state index is 0.000414. The van der Waals surface area contributed by atoms with Gasteiger partial charge in [-0.15, -0.1) is 0 Å². The number of amides is 2. The minimum Gasteiger partial charge on any atom is -0.461 e. The van der Waals surface area contributed by atoms with E-state index in [4.69, 9.17) is 4.42 Å². The number of piperidine rings is 1. The Hall–Kier alpha value is -2.38. The fourth-order valence-corrected chi connectivity index (χ4v) is 3.26. The molecule has 2 aromatic rings. The first-order valence-corrected chi connectivity index (χ1v) is 8.75. The fraction of sp³-hybridized carbons (Fsp3) is 0.474. The van der Waals surface area contributed by atoms with Crippen molar-refractivity contribution in [3.05, 3.63) is 35.6 Å². The van der Waals surface area contributed by atoms with Gasteiger partial charge in [-0.05, 0) is 25.5 Å². The number of aliphatic hydroxyl groups excluding tert-OH is 1. The molecule has 26 heavy (non-hydrogen) atoms. The molecule has 1 fully saturated rings. The van der Waals surface area contributed by atoms with Crippen molar-refractivity contribution in [3.8, 4) is 0 Å². The number of β-amino-alcohol motifs (C(OH)–C–C–N with tert-alkyl or cyclic N) is 1. The van der Waals surface area contributed by atoms with Crippen molar-refractivity contribution < 1.29 is 19.1 Å². The largest absolute Gasteiger partial charge is 0.461 e. The lowest BCUT2D eigenvalue weighted by Gasteiger charge is -2.36. The quantitative estimate of drug-likeness (QED) is 0.850. The summed E-state index contributed by atoms with van der Waals surface area (Å²) in [7, 11) is 3.42. The molecule has 0 spiro atoms. The highest BCUT2D eigenvalue weighted by atomic mass is 16.3. The van der Waals surface area contributed by atoms with Gasteiger partial charge in [0.25, 0.3) is 5.91 Å². The number of para-hydroxylation sites is 1. The second-order valence-electron chi connectivity index (χ2n) is 7.04. The Morgan fingerprint density at radius 1 is 1.38 bits per heavy atom. The van der Waals surface area contributed by atoms with Crippen molar-refractivity contribution >= 4 is 22.8 Å². The average molecular weight is 359 g/mol. The Kier molecular flexibility index (Phi) is 5.29. The molecule has 1 aromatic heterocycles.